The zero-order valence-corrected chi connectivity index (χ0v) is 21.6. The Balaban J connectivity index is 0.00000102. The first-order valence-corrected chi connectivity index (χ1v) is 13.6. The molecule has 2 aliphatic rings. The maximum atomic E-state index is 3.81. The first kappa shape index (κ1) is 21.5. The van der Waals surface area contributed by atoms with E-state index in [9.17, 15) is 0 Å². The Morgan fingerprint density at radius 2 is 1.55 bits per heavy atom. The van der Waals surface area contributed by atoms with Gasteiger partial charge in [0.15, 0.2) is 0 Å². The van der Waals surface area contributed by atoms with Crippen LogP contribution in [0.2, 0.25) is 0 Å². The predicted molar refractivity (Wildman–Crippen MR) is 116 cm³/mol. The molecule has 0 spiro atoms. The van der Waals surface area contributed by atoms with Crippen LogP contribution in [0, 0.1) is 0 Å². The largest absolute Gasteiger partial charge is 1.00 e. The molecule has 2 aliphatic carbocycles. The molecule has 2 atom stereocenters. The first-order valence-electron chi connectivity index (χ1n) is 9.13. The summed E-state index contributed by atoms with van der Waals surface area (Å²) in [7, 11) is 0. The number of rotatable bonds is 2. The van der Waals surface area contributed by atoms with Crippen LogP contribution in [0.15, 0.2) is 78.9 Å². The first-order chi connectivity index (χ1) is 13.3. The fourth-order valence-electron chi connectivity index (χ4n) is 4.36. The zero-order chi connectivity index (χ0) is 18.0. The zero-order valence-electron chi connectivity index (χ0n) is 15.2. The van der Waals surface area contributed by atoms with Crippen molar-refractivity contribution in [2.75, 3.05) is 0 Å². The van der Waals surface area contributed by atoms with Crippen LogP contribution in [0.3, 0.4) is 0 Å². The Labute approximate surface area is 206 Å². The summed E-state index contributed by atoms with van der Waals surface area (Å²) in [6.45, 7) is 0. The number of fused-ring (bicyclic) bond motifs is 3. The van der Waals surface area contributed by atoms with E-state index in [1.54, 1.807) is 11.1 Å². The van der Waals surface area contributed by atoms with Gasteiger partial charge in [-0.2, -0.15) is 0 Å². The fourth-order valence-corrected chi connectivity index (χ4v) is 11.3. The van der Waals surface area contributed by atoms with Gasteiger partial charge in [-0.1, -0.05) is 0 Å². The molecule has 0 saturated heterocycles. The van der Waals surface area contributed by atoms with Gasteiger partial charge in [0.1, 0.15) is 0 Å². The van der Waals surface area contributed by atoms with Crippen LogP contribution >= 0.6 is 27.3 Å². The Bertz CT molecular complexity index is 1270. The minimum absolute atomic E-state index is 0. The molecule has 0 radical (unpaired) electrons. The summed E-state index contributed by atoms with van der Waals surface area (Å²) >= 11 is 4.90. The third-order valence-electron chi connectivity index (χ3n) is 5.65. The molecule has 142 valence electrons. The van der Waals surface area contributed by atoms with Crippen molar-refractivity contribution in [1.29, 1.82) is 0 Å². The van der Waals surface area contributed by atoms with E-state index in [0.717, 1.165) is 0 Å². The molecule has 0 N–H and O–H groups in total. The Kier molecular flexibility index (Phi) is 6.27. The SMILES string of the molecule is BrC1=C[CH]([Zr+2][CH]2c3cc4c2cccc4sc2ccc3cc2)c2ccccc21.[Cl-].[Cl-]. The van der Waals surface area contributed by atoms with Gasteiger partial charge in [-0.25, -0.2) is 0 Å². The quantitative estimate of drug-likeness (QED) is 0.340. The van der Waals surface area contributed by atoms with Crippen LogP contribution in [0.4, 0.5) is 0 Å². The average molecular weight is 577 g/mol. The van der Waals surface area contributed by atoms with Gasteiger partial charge in [0.05, 0.1) is 0 Å². The molecule has 0 aliphatic heterocycles. The van der Waals surface area contributed by atoms with Crippen molar-refractivity contribution in [3.63, 3.8) is 0 Å². The van der Waals surface area contributed by atoms with E-state index < -0.39 is 23.2 Å². The van der Waals surface area contributed by atoms with Crippen molar-refractivity contribution in [3.8, 4) is 0 Å². The molecule has 0 amide bonds. The molecule has 0 fully saturated rings. The molecule has 2 heterocycles. The van der Waals surface area contributed by atoms with Crippen molar-refractivity contribution in [2.45, 2.75) is 7.25 Å². The van der Waals surface area contributed by atoms with Gasteiger partial charge in [-0.05, 0) is 0 Å². The molecule has 7 rings (SSSR count). The predicted octanol–water partition coefficient (Wildman–Crippen LogP) is 1.60. The second-order valence-corrected chi connectivity index (χ2v) is 12.9. The number of benzene rings is 3. The van der Waals surface area contributed by atoms with Gasteiger partial charge in [-0.3, -0.25) is 0 Å². The molecular formula is C24H15BrCl2SZr. The third kappa shape index (κ3) is 3.54. The van der Waals surface area contributed by atoms with Gasteiger partial charge >= 0.3 is 184 Å². The number of hydrogen-bond donors (Lipinski definition) is 0. The van der Waals surface area contributed by atoms with E-state index >= 15 is 0 Å². The molecular weight excluding hydrogens is 562 g/mol. The van der Waals surface area contributed by atoms with Gasteiger partial charge in [0, 0.05) is 0 Å². The summed E-state index contributed by atoms with van der Waals surface area (Å²) in [4.78, 5) is 0. The van der Waals surface area contributed by atoms with Crippen LogP contribution in [-0.2, 0) is 23.2 Å². The van der Waals surface area contributed by atoms with E-state index in [-0.39, 0.29) is 24.8 Å². The minimum Gasteiger partial charge on any atom is -1.00 e. The molecule has 3 aromatic carbocycles. The molecule has 4 bridgehead atoms. The van der Waals surface area contributed by atoms with Crippen molar-refractivity contribution >= 4 is 51.9 Å². The van der Waals surface area contributed by atoms with Crippen LogP contribution in [0.1, 0.15) is 29.5 Å². The summed E-state index contributed by atoms with van der Waals surface area (Å²) in [6, 6.07) is 27.5. The van der Waals surface area contributed by atoms with Crippen LogP contribution < -0.4 is 24.8 Å². The molecule has 0 saturated carbocycles. The minimum atomic E-state index is -0.807. The molecule has 29 heavy (non-hydrogen) atoms. The molecule has 2 aromatic heterocycles. The number of halogens is 3. The van der Waals surface area contributed by atoms with E-state index in [1.165, 1.54) is 35.8 Å². The van der Waals surface area contributed by atoms with Crippen LogP contribution in [-0.4, -0.2) is 0 Å². The molecule has 5 heteroatoms. The summed E-state index contributed by atoms with van der Waals surface area (Å²) in [5.41, 5.74) is 6.03. The number of hydrogen-bond acceptors (Lipinski definition) is 1. The van der Waals surface area contributed by atoms with E-state index in [1.807, 2.05) is 11.3 Å². The van der Waals surface area contributed by atoms with Crippen LogP contribution in [0.5, 0.6) is 0 Å². The van der Waals surface area contributed by atoms with Crippen molar-refractivity contribution in [2.24, 2.45) is 0 Å². The summed E-state index contributed by atoms with van der Waals surface area (Å²) in [5.74, 6) is 0. The second kappa shape index (κ2) is 8.44. The molecule has 5 aromatic rings. The molecule has 0 nitrogen and oxygen atoms in total. The van der Waals surface area contributed by atoms with Crippen LogP contribution in [0.25, 0.3) is 24.7 Å². The fraction of sp³-hybridized carbons (Fsp3) is 0.0833. The van der Waals surface area contributed by atoms with Gasteiger partial charge < -0.3 is 24.8 Å². The number of allylic oxidation sites excluding steroid dienone is 1. The summed E-state index contributed by atoms with van der Waals surface area (Å²) in [5, 5.41) is 2.88. The monoisotopic (exact) mass is 574 g/mol. The molecule has 2 unspecified atom stereocenters. The van der Waals surface area contributed by atoms with E-state index in [2.05, 4.69) is 94.8 Å². The van der Waals surface area contributed by atoms with Gasteiger partial charge in [0.25, 0.3) is 0 Å². The average Bonchev–Trinajstić information content (AvgIpc) is 3.25. The maximum Gasteiger partial charge on any atom is -1.00 e. The van der Waals surface area contributed by atoms with Gasteiger partial charge in [0.2, 0.25) is 0 Å². The van der Waals surface area contributed by atoms with E-state index in [4.69, 9.17) is 0 Å². The van der Waals surface area contributed by atoms with E-state index in [0.29, 0.717) is 7.25 Å². The Morgan fingerprint density at radius 1 is 0.793 bits per heavy atom. The maximum absolute atomic E-state index is 3.81. The normalized spacial score (nSPS) is 18.0. The summed E-state index contributed by atoms with van der Waals surface area (Å²) < 4.78 is 5.25. The van der Waals surface area contributed by atoms with Crippen molar-refractivity contribution < 1.29 is 48.0 Å². The summed E-state index contributed by atoms with van der Waals surface area (Å²) in [6.07, 6.45) is 2.47. The smallest absolute Gasteiger partial charge is 1.00 e. The van der Waals surface area contributed by atoms with Crippen molar-refractivity contribution in [3.05, 3.63) is 101 Å². The standard InChI is InChI=1S/C15H9S.C9H6Br.2ClH.Zr/c1-2-11-8-12-9-14(11)15(3-1)16-13-6-4-10(12)5-7-13;10-9-6-5-7-3-1-2-4-8(7)9;;;/h1-9H;1-6H;2*1H;/q;;;;+2/p-2. The van der Waals surface area contributed by atoms with Gasteiger partial charge in [-0.15, -0.1) is 0 Å². The topological polar surface area (TPSA) is 0 Å². The second-order valence-electron chi connectivity index (χ2n) is 7.16. The third-order valence-corrected chi connectivity index (χ3v) is 11.8. The van der Waals surface area contributed by atoms with Crippen molar-refractivity contribution in [1.82, 2.24) is 0 Å². The Morgan fingerprint density at radius 3 is 2.38 bits per heavy atom. The Hall–Kier alpha value is -0.697.